The zero-order valence-corrected chi connectivity index (χ0v) is 16.0. The molecule has 0 radical (unpaired) electrons. The normalized spacial score (nSPS) is 14.2. The van der Waals surface area contributed by atoms with Crippen molar-refractivity contribution in [3.8, 4) is 0 Å². The Labute approximate surface area is 166 Å². The molecule has 1 aliphatic heterocycles. The lowest BCUT2D eigenvalue weighted by Gasteiger charge is -2.26. The highest BCUT2D eigenvalue weighted by Gasteiger charge is 2.19. The first-order valence-electron chi connectivity index (χ1n) is 9.04. The maximum Gasteiger partial charge on any atom is 0.280 e. The predicted octanol–water partition coefficient (Wildman–Crippen LogP) is 2.22. The van der Waals surface area contributed by atoms with Crippen molar-refractivity contribution < 1.29 is 9.53 Å². The summed E-state index contributed by atoms with van der Waals surface area (Å²) >= 11 is 1.25. The summed E-state index contributed by atoms with van der Waals surface area (Å²) in [5.41, 5.74) is 4.29. The molecule has 2 heterocycles. The van der Waals surface area contributed by atoms with Gasteiger partial charge in [-0.15, -0.1) is 0 Å². The van der Waals surface area contributed by atoms with Gasteiger partial charge in [0.1, 0.15) is 0 Å². The number of morpholine rings is 1. The summed E-state index contributed by atoms with van der Waals surface area (Å²) in [6.45, 7) is 2.31. The number of fused-ring (bicyclic) bond motifs is 1. The Morgan fingerprint density at radius 2 is 1.79 bits per heavy atom. The summed E-state index contributed by atoms with van der Waals surface area (Å²) in [6.07, 6.45) is 0. The van der Waals surface area contributed by atoms with E-state index in [1.54, 1.807) is 17.0 Å². The average molecular weight is 396 g/mol. The largest absolute Gasteiger partial charge is 0.378 e. The number of carbonyl (C=O) groups is 1. The third-order valence-corrected chi connectivity index (χ3v) is 5.37. The van der Waals surface area contributed by atoms with Gasteiger partial charge in [-0.1, -0.05) is 42.1 Å². The summed E-state index contributed by atoms with van der Waals surface area (Å²) < 4.78 is 6.71. The third-order valence-electron chi connectivity index (χ3n) is 4.45. The Hall–Kier alpha value is -2.84. The maximum atomic E-state index is 13.0. The van der Waals surface area contributed by atoms with Crippen molar-refractivity contribution in [1.82, 2.24) is 14.6 Å². The number of anilines is 1. The minimum atomic E-state index is -0.198. The van der Waals surface area contributed by atoms with Gasteiger partial charge in [-0.05, 0) is 24.3 Å². The van der Waals surface area contributed by atoms with Crippen molar-refractivity contribution >= 4 is 34.3 Å². The van der Waals surface area contributed by atoms with Gasteiger partial charge in [-0.3, -0.25) is 15.0 Å². The highest BCUT2D eigenvalue weighted by Crippen LogP contribution is 2.19. The second kappa shape index (κ2) is 8.45. The van der Waals surface area contributed by atoms with Crippen molar-refractivity contribution in [2.45, 2.75) is 5.16 Å². The van der Waals surface area contributed by atoms with Crippen molar-refractivity contribution in [2.75, 3.05) is 37.5 Å². The number of nitrogens with zero attached hydrogens (tertiary/aromatic N) is 3. The molecule has 1 fully saturated rings. The molecule has 0 atom stereocenters. The number of para-hydroxylation sites is 2. The van der Waals surface area contributed by atoms with Gasteiger partial charge >= 0.3 is 0 Å². The maximum absolute atomic E-state index is 13.0. The second-order valence-corrected chi connectivity index (χ2v) is 7.25. The van der Waals surface area contributed by atoms with Crippen LogP contribution >= 0.6 is 11.8 Å². The minimum Gasteiger partial charge on any atom is -0.378 e. The molecule has 0 saturated carbocycles. The lowest BCUT2D eigenvalue weighted by atomic mass is 10.2. The van der Waals surface area contributed by atoms with Gasteiger partial charge in [0.15, 0.2) is 5.16 Å². The molecule has 8 heteroatoms. The molecule has 4 rings (SSSR count). The molecule has 144 valence electrons. The van der Waals surface area contributed by atoms with E-state index < -0.39 is 0 Å². The Morgan fingerprint density at radius 1 is 1.07 bits per heavy atom. The fraction of sp³-hybridized carbons (Fsp3) is 0.250. The Morgan fingerprint density at radius 3 is 2.57 bits per heavy atom. The molecule has 2 aromatic carbocycles. The van der Waals surface area contributed by atoms with E-state index in [1.807, 2.05) is 42.5 Å². The van der Waals surface area contributed by atoms with Crippen LogP contribution in [0.15, 0.2) is 64.5 Å². The van der Waals surface area contributed by atoms with E-state index in [1.165, 1.54) is 16.4 Å². The van der Waals surface area contributed by atoms with Gasteiger partial charge in [0.05, 0.1) is 35.6 Å². The first kappa shape index (κ1) is 18.5. The smallest absolute Gasteiger partial charge is 0.280 e. The molecule has 1 amide bonds. The SMILES string of the molecule is O=C(CSc1nc2ccccc2c(=O)n1Nc1ccccc1)N1CCOCC1. The quantitative estimate of drug-likeness (QED) is 0.526. The topological polar surface area (TPSA) is 76.5 Å². The van der Waals surface area contributed by atoms with Crippen LogP contribution in [0, 0.1) is 0 Å². The van der Waals surface area contributed by atoms with Gasteiger partial charge in [-0.25, -0.2) is 4.98 Å². The fourth-order valence-corrected chi connectivity index (χ4v) is 3.84. The van der Waals surface area contributed by atoms with Gasteiger partial charge in [0.2, 0.25) is 5.91 Å². The number of amides is 1. The van der Waals surface area contributed by atoms with Crippen LogP contribution in [0.4, 0.5) is 5.69 Å². The van der Waals surface area contributed by atoms with Crippen LogP contribution in [0.25, 0.3) is 10.9 Å². The van der Waals surface area contributed by atoms with E-state index in [0.717, 1.165) is 5.69 Å². The zero-order chi connectivity index (χ0) is 19.3. The van der Waals surface area contributed by atoms with E-state index in [4.69, 9.17) is 4.74 Å². The molecular formula is C20H20N4O3S. The molecule has 1 aromatic heterocycles. The molecule has 1 saturated heterocycles. The van der Waals surface area contributed by atoms with Crippen molar-refractivity contribution in [3.05, 3.63) is 65.0 Å². The molecule has 0 bridgehead atoms. The van der Waals surface area contributed by atoms with Crippen LogP contribution in [-0.2, 0) is 9.53 Å². The van der Waals surface area contributed by atoms with Gasteiger partial charge in [-0.2, -0.15) is 4.68 Å². The number of ether oxygens (including phenoxy) is 1. The Bertz CT molecular complexity index is 1030. The average Bonchev–Trinajstić information content (AvgIpc) is 2.75. The first-order valence-corrected chi connectivity index (χ1v) is 10.0. The zero-order valence-electron chi connectivity index (χ0n) is 15.2. The fourth-order valence-electron chi connectivity index (χ4n) is 2.98. The van der Waals surface area contributed by atoms with E-state index in [0.29, 0.717) is 42.4 Å². The predicted molar refractivity (Wildman–Crippen MR) is 110 cm³/mol. The lowest BCUT2D eigenvalue weighted by molar-refractivity contribution is -0.132. The molecular weight excluding hydrogens is 376 g/mol. The molecule has 1 aliphatic rings. The number of thioether (sulfide) groups is 1. The number of nitrogens with one attached hydrogen (secondary N) is 1. The summed E-state index contributed by atoms with van der Waals surface area (Å²) in [6, 6.07) is 16.6. The molecule has 3 aromatic rings. The van der Waals surface area contributed by atoms with Crippen molar-refractivity contribution in [2.24, 2.45) is 0 Å². The second-order valence-electron chi connectivity index (χ2n) is 6.31. The van der Waals surface area contributed by atoms with Gasteiger partial charge in [0.25, 0.3) is 5.56 Å². The Balaban J connectivity index is 1.64. The van der Waals surface area contributed by atoms with Crippen LogP contribution in [0.1, 0.15) is 0 Å². The lowest BCUT2D eigenvalue weighted by Crippen LogP contribution is -2.41. The number of carbonyl (C=O) groups excluding carboxylic acids is 1. The van der Waals surface area contributed by atoms with Crippen molar-refractivity contribution in [3.63, 3.8) is 0 Å². The van der Waals surface area contributed by atoms with Crippen molar-refractivity contribution in [1.29, 1.82) is 0 Å². The highest BCUT2D eigenvalue weighted by atomic mass is 32.2. The number of hydrogen-bond donors (Lipinski definition) is 1. The van der Waals surface area contributed by atoms with E-state index in [2.05, 4.69) is 10.4 Å². The van der Waals surface area contributed by atoms with Crippen LogP contribution in [0.2, 0.25) is 0 Å². The number of hydrogen-bond acceptors (Lipinski definition) is 6. The number of aromatic nitrogens is 2. The Kier molecular flexibility index (Phi) is 5.59. The third kappa shape index (κ3) is 4.02. The minimum absolute atomic E-state index is 0.0157. The van der Waals surface area contributed by atoms with Crippen LogP contribution in [0.5, 0.6) is 0 Å². The molecule has 0 aliphatic carbocycles. The standard InChI is InChI=1S/C20H20N4O3S/c25-18(23-10-12-27-13-11-23)14-28-20-21-17-9-5-4-8-16(17)19(26)24(20)22-15-6-2-1-3-7-15/h1-9,22H,10-14H2. The molecule has 0 unspecified atom stereocenters. The van der Waals surface area contributed by atoms with E-state index in [9.17, 15) is 9.59 Å². The van der Waals surface area contributed by atoms with Crippen LogP contribution < -0.4 is 11.0 Å². The summed E-state index contributed by atoms with van der Waals surface area (Å²) in [5.74, 6) is 0.225. The van der Waals surface area contributed by atoms with E-state index in [-0.39, 0.29) is 17.2 Å². The molecule has 1 N–H and O–H groups in total. The molecule has 28 heavy (non-hydrogen) atoms. The van der Waals surface area contributed by atoms with Gasteiger partial charge < -0.3 is 9.64 Å². The van der Waals surface area contributed by atoms with Crippen LogP contribution in [0.3, 0.4) is 0 Å². The van der Waals surface area contributed by atoms with Crippen LogP contribution in [-0.4, -0.2) is 52.5 Å². The van der Waals surface area contributed by atoms with Gasteiger partial charge in [0, 0.05) is 13.1 Å². The summed E-state index contributed by atoms with van der Waals surface area (Å²) in [5, 5.41) is 0.976. The number of rotatable bonds is 5. The summed E-state index contributed by atoms with van der Waals surface area (Å²) in [7, 11) is 0. The monoisotopic (exact) mass is 396 g/mol. The molecule has 0 spiro atoms. The summed E-state index contributed by atoms with van der Waals surface area (Å²) in [4.78, 5) is 31.9. The van der Waals surface area contributed by atoms with E-state index >= 15 is 0 Å². The first-order chi connectivity index (χ1) is 13.7. The highest BCUT2D eigenvalue weighted by molar-refractivity contribution is 7.99. The molecule has 7 nitrogen and oxygen atoms in total. The number of benzene rings is 2.